The summed E-state index contributed by atoms with van der Waals surface area (Å²) in [5.41, 5.74) is 0.214. The monoisotopic (exact) mass is 450 g/mol. The quantitative estimate of drug-likeness (QED) is 0.479. The van der Waals surface area contributed by atoms with E-state index < -0.39 is 17.6 Å². The number of piperazine rings is 1. The van der Waals surface area contributed by atoms with E-state index in [-0.39, 0.29) is 36.5 Å². The summed E-state index contributed by atoms with van der Waals surface area (Å²) in [6, 6.07) is 5.00. The lowest BCUT2D eigenvalue weighted by atomic mass is 9.67. The molecule has 8 nitrogen and oxygen atoms in total. The second kappa shape index (κ2) is 7.39. The predicted octanol–water partition coefficient (Wildman–Crippen LogP) is 1.74. The van der Waals surface area contributed by atoms with Crippen LogP contribution in [0.3, 0.4) is 0 Å². The van der Waals surface area contributed by atoms with Crippen LogP contribution < -0.4 is 4.90 Å². The minimum atomic E-state index is -1.44. The summed E-state index contributed by atoms with van der Waals surface area (Å²) in [4.78, 5) is 46.0. The maximum atomic E-state index is 13.6. The first-order valence-corrected chi connectivity index (χ1v) is 10.6. The van der Waals surface area contributed by atoms with Gasteiger partial charge in [0, 0.05) is 50.9 Å². The van der Waals surface area contributed by atoms with Crippen LogP contribution in [0.25, 0.3) is 0 Å². The first kappa shape index (κ1) is 20.9. The zero-order chi connectivity index (χ0) is 21.8. The largest absolute Gasteiger partial charge is 0.450 e. The molecule has 3 aliphatic rings. The Morgan fingerprint density at radius 2 is 1.90 bits per heavy atom. The van der Waals surface area contributed by atoms with E-state index in [1.807, 2.05) is 17.0 Å². The van der Waals surface area contributed by atoms with Crippen molar-refractivity contribution < 1.29 is 19.1 Å². The summed E-state index contributed by atoms with van der Waals surface area (Å²) in [5, 5.41) is 0.669. The third-order valence-electron chi connectivity index (χ3n) is 6.28. The van der Waals surface area contributed by atoms with Crippen LogP contribution in [0.4, 0.5) is 10.5 Å². The van der Waals surface area contributed by atoms with E-state index in [1.165, 1.54) is 9.80 Å². The van der Waals surface area contributed by atoms with Gasteiger partial charge in [0.05, 0.1) is 12.6 Å². The molecule has 0 aliphatic carbocycles. The number of benzene rings is 1. The van der Waals surface area contributed by atoms with Crippen molar-refractivity contribution in [2.75, 3.05) is 45.2 Å². The highest BCUT2D eigenvalue weighted by molar-refractivity contribution is 7.80. The number of halogens is 1. The summed E-state index contributed by atoms with van der Waals surface area (Å²) >= 11 is 11.8. The zero-order valence-corrected chi connectivity index (χ0v) is 18.6. The van der Waals surface area contributed by atoms with Gasteiger partial charge in [0.25, 0.3) is 0 Å². The second-order valence-corrected chi connectivity index (χ2v) is 8.52. The number of nitrogens with zero attached hydrogens (tertiary/aromatic N) is 4. The first-order valence-electron chi connectivity index (χ1n) is 9.80. The lowest BCUT2D eigenvalue weighted by Crippen LogP contribution is -2.75. The summed E-state index contributed by atoms with van der Waals surface area (Å²) in [6.45, 7) is 3.07. The average molecular weight is 451 g/mol. The van der Waals surface area contributed by atoms with Gasteiger partial charge in [-0.05, 0) is 36.8 Å². The van der Waals surface area contributed by atoms with Gasteiger partial charge in [0.1, 0.15) is 0 Å². The van der Waals surface area contributed by atoms with Gasteiger partial charge in [0.2, 0.25) is 11.8 Å². The molecule has 1 spiro atoms. The van der Waals surface area contributed by atoms with Crippen LogP contribution >= 0.6 is 23.8 Å². The molecule has 1 aromatic carbocycles. The van der Waals surface area contributed by atoms with Gasteiger partial charge in [0.15, 0.2) is 10.5 Å². The molecule has 10 heteroatoms. The van der Waals surface area contributed by atoms with Crippen molar-refractivity contribution in [3.8, 4) is 0 Å². The number of carbonyl (C=O) groups excluding carboxylic acids is 3. The van der Waals surface area contributed by atoms with E-state index in [0.717, 1.165) is 11.3 Å². The summed E-state index contributed by atoms with van der Waals surface area (Å²) in [6.07, 6.45) is -0.299. The summed E-state index contributed by atoms with van der Waals surface area (Å²) < 4.78 is 5.17. The molecule has 1 atom stereocenters. The second-order valence-electron chi connectivity index (χ2n) is 7.75. The fourth-order valence-electron chi connectivity index (χ4n) is 4.79. The highest BCUT2D eigenvalue weighted by atomic mass is 35.5. The normalized spacial score (nSPS) is 22.9. The standard InChI is InChI=1S/C20H23ClN4O4S/c1-4-29-19(28)24-8-9-25-14-7-5-6-13(21)12(14)10-20(15(25)11-24)16(26)22(2)18(30)23(3)17(20)27/h5-7,15H,4,8-11H2,1-3H3/t15-/m1/s1. The van der Waals surface area contributed by atoms with E-state index in [4.69, 9.17) is 28.6 Å². The van der Waals surface area contributed by atoms with Gasteiger partial charge in [-0.15, -0.1) is 0 Å². The topological polar surface area (TPSA) is 73.4 Å². The predicted molar refractivity (Wildman–Crippen MR) is 115 cm³/mol. The highest BCUT2D eigenvalue weighted by Crippen LogP contribution is 2.48. The van der Waals surface area contributed by atoms with Crippen LogP contribution in [0.1, 0.15) is 12.5 Å². The molecule has 3 amide bonds. The van der Waals surface area contributed by atoms with E-state index in [9.17, 15) is 14.4 Å². The number of fused-ring (bicyclic) bond motifs is 4. The van der Waals surface area contributed by atoms with Crippen molar-refractivity contribution in [1.82, 2.24) is 14.7 Å². The number of thiocarbonyl (C=S) groups is 1. The lowest BCUT2D eigenvalue weighted by Gasteiger charge is -2.56. The van der Waals surface area contributed by atoms with Crippen molar-refractivity contribution in [1.29, 1.82) is 0 Å². The molecular weight excluding hydrogens is 428 g/mol. The molecule has 0 radical (unpaired) electrons. The number of hydrogen-bond acceptors (Lipinski definition) is 6. The van der Waals surface area contributed by atoms with Crippen molar-refractivity contribution in [2.45, 2.75) is 19.4 Å². The lowest BCUT2D eigenvalue weighted by molar-refractivity contribution is -0.158. The molecule has 3 aliphatic heterocycles. The molecule has 30 heavy (non-hydrogen) atoms. The molecule has 0 N–H and O–H groups in total. The van der Waals surface area contributed by atoms with Crippen LogP contribution in [0.5, 0.6) is 0 Å². The van der Waals surface area contributed by atoms with Crippen molar-refractivity contribution in [2.24, 2.45) is 5.41 Å². The minimum Gasteiger partial charge on any atom is -0.450 e. The van der Waals surface area contributed by atoms with Gasteiger partial charge in [-0.1, -0.05) is 17.7 Å². The molecule has 0 aromatic heterocycles. The van der Waals surface area contributed by atoms with E-state index in [1.54, 1.807) is 32.0 Å². The maximum absolute atomic E-state index is 13.6. The van der Waals surface area contributed by atoms with Crippen molar-refractivity contribution in [3.05, 3.63) is 28.8 Å². The Balaban J connectivity index is 1.87. The molecule has 1 aromatic rings. The number of carbonyl (C=O) groups is 3. The van der Waals surface area contributed by atoms with E-state index in [2.05, 4.69) is 0 Å². The van der Waals surface area contributed by atoms with Gasteiger partial charge in [-0.3, -0.25) is 19.4 Å². The number of hydrogen-bond donors (Lipinski definition) is 0. The Bertz CT molecular complexity index is 931. The zero-order valence-electron chi connectivity index (χ0n) is 17.1. The molecular formula is C20H23ClN4O4S. The van der Waals surface area contributed by atoms with Gasteiger partial charge < -0.3 is 14.5 Å². The Labute approximate surface area is 185 Å². The van der Waals surface area contributed by atoms with Gasteiger partial charge in [-0.2, -0.15) is 0 Å². The third-order valence-corrected chi connectivity index (χ3v) is 7.18. The fraction of sp³-hybridized carbons (Fsp3) is 0.500. The molecule has 2 saturated heterocycles. The average Bonchev–Trinajstić information content (AvgIpc) is 2.75. The van der Waals surface area contributed by atoms with E-state index in [0.29, 0.717) is 18.1 Å². The number of anilines is 1. The van der Waals surface area contributed by atoms with Gasteiger partial charge >= 0.3 is 6.09 Å². The number of ether oxygens (including phenoxy) is 1. The van der Waals surface area contributed by atoms with Crippen LogP contribution in [0.2, 0.25) is 5.02 Å². The summed E-state index contributed by atoms with van der Waals surface area (Å²) in [5.74, 6) is -0.747. The van der Waals surface area contributed by atoms with Crippen molar-refractivity contribution >= 4 is 52.5 Å². The van der Waals surface area contributed by atoms with Crippen LogP contribution in [-0.2, 0) is 20.7 Å². The maximum Gasteiger partial charge on any atom is 0.409 e. The van der Waals surface area contributed by atoms with Crippen LogP contribution in [0, 0.1) is 5.41 Å². The van der Waals surface area contributed by atoms with Crippen LogP contribution in [0.15, 0.2) is 18.2 Å². The SMILES string of the molecule is CCOC(=O)N1CCN2c3cccc(Cl)c3CC3(C(=O)N(C)C(=S)N(C)C3=O)[C@H]2C1. The molecule has 0 bridgehead atoms. The Hall–Kier alpha value is -2.39. The molecule has 0 unspecified atom stereocenters. The Morgan fingerprint density at radius 1 is 1.23 bits per heavy atom. The molecule has 0 saturated carbocycles. The first-order chi connectivity index (χ1) is 14.2. The number of rotatable bonds is 1. The molecule has 160 valence electrons. The van der Waals surface area contributed by atoms with Crippen molar-refractivity contribution in [3.63, 3.8) is 0 Å². The third kappa shape index (κ3) is 2.79. The fourth-order valence-corrected chi connectivity index (χ4v) is 5.19. The Morgan fingerprint density at radius 3 is 2.53 bits per heavy atom. The highest BCUT2D eigenvalue weighted by Gasteiger charge is 2.63. The minimum absolute atomic E-state index is 0.148. The Kier molecular flexibility index (Phi) is 5.14. The molecule has 3 heterocycles. The molecule has 2 fully saturated rings. The summed E-state index contributed by atoms with van der Waals surface area (Å²) in [7, 11) is 3.15. The van der Waals surface area contributed by atoms with Crippen LogP contribution in [-0.4, -0.2) is 84.1 Å². The smallest absolute Gasteiger partial charge is 0.409 e. The number of amides is 3. The van der Waals surface area contributed by atoms with E-state index >= 15 is 0 Å². The molecule has 4 rings (SSSR count). The van der Waals surface area contributed by atoms with Gasteiger partial charge in [-0.25, -0.2) is 4.79 Å².